The Hall–Kier alpha value is -1.43. The van der Waals surface area contributed by atoms with Crippen LogP contribution in [0, 0.1) is 12.8 Å². The van der Waals surface area contributed by atoms with Gasteiger partial charge in [-0.25, -0.2) is 4.98 Å². The fourth-order valence-corrected chi connectivity index (χ4v) is 2.42. The Morgan fingerprint density at radius 3 is 2.95 bits per heavy atom. The maximum atomic E-state index is 5.08. The molecule has 0 saturated carbocycles. The van der Waals surface area contributed by atoms with Crippen LogP contribution >= 0.6 is 12.2 Å². The van der Waals surface area contributed by atoms with Crippen LogP contribution in [0.25, 0.3) is 0 Å². The van der Waals surface area contributed by atoms with E-state index in [1.165, 1.54) is 12.8 Å². The van der Waals surface area contributed by atoms with Crippen molar-refractivity contribution in [2.24, 2.45) is 5.92 Å². The molecule has 1 aliphatic rings. The zero-order valence-electron chi connectivity index (χ0n) is 11.7. The summed E-state index contributed by atoms with van der Waals surface area (Å²) < 4.78 is 0. The van der Waals surface area contributed by atoms with Gasteiger partial charge in [-0.05, 0) is 37.9 Å². The average Bonchev–Trinajstić information content (AvgIpc) is 2.38. The van der Waals surface area contributed by atoms with Gasteiger partial charge in [-0.1, -0.05) is 6.92 Å². The van der Waals surface area contributed by atoms with Crippen LogP contribution in [0.5, 0.6) is 0 Å². The van der Waals surface area contributed by atoms with Crippen molar-refractivity contribution < 1.29 is 0 Å². The molecule has 6 heteroatoms. The van der Waals surface area contributed by atoms with Crippen molar-refractivity contribution in [3.05, 3.63) is 11.8 Å². The number of hydrogen-bond donors (Lipinski definition) is 2. The summed E-state index contributed by atoms with van der Waals surface area (Å²) in [5.74, 6) is 2.27. The molecule has 1 aromatic rings. The van der Waals surface area contributed by atoms with Crippen molar-refractivity contribution in [1.82, 2.24) is 15.3 Å². The standard InChI is InChI=1S/C13H21N5S/c1-9-5-4-6-18(8-9)11-7-10(2)15-12(16-11)17-13(19)14-3/h7,9H,4-6,8H2,1-3H3,(H2,14,15,16,17,19)/t9-/m1/s1. The highest BCUT2D eigenvalue weighted by molar-refractivity contribution is 7.80. The fraction of sp³-hybridized carbons (Fsp3) is 0.615. The molecule has 104 valence electrons. The van der Waals surface area contributed by atoms with E-state index in [1.807, 2.05) is 13.0 Å². The number of nitrogens with one attached hydrogen (secondary N) is 2. The Kier molecular flexibility index (Phi) is 4.52. The molecule has 0 radical (unpaired) electrons. The first-order chi connectivity index (χ1) is 9.08. The summed E-state index contributed by atoms with van der Waals surface area (Å²) in [5, 5.41) is 6.39. The van der Waals surface area contributed by atoms with Gasteiger partial charge in [-0.3, -0.25) is 0 Å². The molecule has 0 aromatic carbocycles. The first kappa shape index (κ1) is 14.0. The molecule has 0 aliphatic carbocycles. The first-order valence-corrected chi connectivity index (χ1v) is 7.08. The predicted octanol–water partition coefficient (Wildman–Crippen LogP) is 1.94. The van der Waals surface area contributed by atoms with Crippen molar-refractivity contribution in [2.75, 3.05) is 30.4 Å². The van der Waals surface area contributed by atoms with Crippen LogP contribution in [0.15, 0.2) is 6.07 Å². The monoisotopic (exact) mass is 279 g/mol. The minimum absolute atomic E-state index is 0.531. The summed E-state index contributed by atoms with van der Waals surface area (Å²) in [6, 6.07) is 2.03. The molecule has 0 bridgehead atoms. The number of rotatable bonds is 2. The lowest BCUT2D eigenvalue weighted by molar-refractivity contribution is 0.444. The van der Waals surface area contributed by atoms with Gasteiger partial charge in [0.15, 0.2) is 5.11 Å². The Morgan fingerprint density at radius 1 is 1.47 bits per heavy atom. The molecule has 19 heavy (non-hydrogen) atoms. The zero-order valence-corrected chi connectivity index (χ0v) is 12.5. The molecule has 1 atom stereocenters. The van der Waals surface area contributed by atoms with Crippen molar-refractivity contribution in [3.8, 4) is 0 Å². The Balaban J connectivity index is 2.18. The molecule has 2 heterocycles. The second-order valence-corrected chi connectivity index (χ2v) is 5.50. The lowest BCUT2D eigenvalue weighted by atomic mass is 10.0. The van der Waals surface area contributed by atoms with Crippen LogP contribution in [-0.4, -0.2) is 35.2 Å². The molecule has 1 saturated heterocycles. The van der Waals surface area contributed by atoms with Gasteiger partial charge in [0.25, 0.3) is 0 Å². The molecule has 1 aliphatic heterocycles. The van der Waals surface area contributed by atoms with Crippen LogP contribution in [-0.2, 0) is 0 Å². The topological polar surface area (TPSA) is 53.1 Å². The van der Waals surface area contributed by atoms with Gasteiger partial charge in [-0.15, -0.1) is 0 Å². The van der Waals surface area contributed by atoms with Gasteiger partial charge in [-0.2, -0.15) is 4.98 Å². The number of aromatic nitrogens is 2. The van der Waals surface area contributed by atoms with E-state index in [1.54, 1.807) is 7.05 Å². The van der Waals surface area contributed by atoms with E-state index in [0.717, 1.165) is 30.5 Å². The molecule has 2 rings (SSSR count). The second-order valence-electron chi connectivity index (χ2n) is 5.09. The number of aryl methyl sites for hydroxylation is 1. The van der Waals surface area contributed by atoms with Crippen LogP contribution in [0.1, 0.15) is 25.5 Å². The van der Waals surface area contributed by atoms with Crippen LogP contribution < -0.4 is 15.5 Å². The van der Waals surface area contributed by atoms with Gasteiger partial charge < -0.3 is 15.5 Å². The minimum atomic E-state index is 0.531. The van der Waals surface area contributed by atoms with Crippen molar-refractivity contribution in [1.29, 1.82) is 0 Å². The highest BCUT2D eigenvalue weighted by atomic mass is 32.1. The quantitative estimate of drug-likeness (QED) is 0.807. The minimum Gasteiger partial charge on any atom is -0.365 e. The molecule has 0 amide bonds. The first-order valence-electron chi connectivity index (χ1n) is 6.68. The third-order valence-corrected chi connectivity index (χ3v) is 3.58. The third-order valence-electron chi connectivity index (χ3n) is 3.27. The van der Waals surface area contributed by atoms with E-state index in [0.29, 0.717) is 11.1 Å². The number of thiocarbonyl (C=S) groups is 1. The van der Waals surface area contributed by atoms with E-state index in [9.17, 15) is 0 Å². The Bertz CT molecular complexity index is 462. The summed E-state index contributed by atoms with van der Waals surface area (Å²) in [6.45, 7) is 6.39. The van der Waals surface area contributed by atoms with E-state index in [4.69, 9.17) is 12.2 Å². The van der Waals surface area contributed by atoms with Gasteiger partial charge in [0.1, 0.15) is 5.82 Å². The third kappa shape index (κ3) is 3.76. The normalized spacial score (nSPS) is 19.1. The van der Waals surface area contributed by atoms with Gasteiger partial charge in [0.05, 0.1) is 0 Å². The summed E-state index contributed by atoms with van der Waals surface area (Å²) in [7, 11) is 1.78. The lowest BCUT2D eigenvalue weighted by Crippen LogP contribution is -2.35. The summed E-state index contributed by atoms with van der Waals surface area (Å²) in [4.78, 5) is 11.2. The maximum Gasteiger partial charge on any atom is 0.231 e. The van der Waals surface area contributed by atoms with Crippen LogP contribution in [0.3, 0.4) is 0 Å². The number of piperidine rings is 1. The molecular weight excluding hydrogens is 258 g/mol. The average molecular weight is 279 g/mol. The van der Waals surface area contributed by atoms with Gasteiger partial charge in [0, 0.05) is 31.9 Å². The summed E-state index contributed by atoms with van der Waals surface area (Å²) in [6.07, 6.45) is 2.53. The molecule has 5 nitrogen and oxygen atoms in total. The highest BCUT2D eigenvalue weighted by Gasteiger charge is 2.18. The van der Waals surface area contributed by atoms with E-state index < -0.39 is 0 Å². The zero-order chi connectivity index (χ0) is 13.8. The number of hydrogen-bond acceptors (Lipinski definition) is 4. The molecule has 1 fully saturated rings. The largest absolute Gasteiger partial charge is 0.365 e. The van der Waals surface area contributed by atoms with E-state index in [2.05, 4.69) is 32.4 Å². The molecule has 0 unspecified atom stereocenters. The van der Waals surface area contributed by atoms with Crippen LogP contribution in [0.2, 0.25) is 0 Å². The lowest BCUT2D eigenvalue weighted by Gasteiger charge is -2.32. The molecule has 2 N–H and O–H groups in total. The molecule has 1 aromatic heterocycles. The molecule has 0 spiro atoms. The van der Waals surface area contributed by atoms with Crippen molar-refractivity contribution in [2.45, 2.75) is 26.7 Å². The number of nitrogens with zero attached hydrogens (tertiary/aromatic N) is 3. The smallest absolute Gasteiger partial charge is 0.231 e. The second kappa shape index (κ2) is 6.14. The maximum absolute atomic E-state index is 5.08. The van der Waals surface area contributed by atoms with Crippen molar-refractivity contribution >= 4 is 29.1 Å². The van der Waals surface area contributed by atoms with Gasteiger partial charge >= 0.3 is 0 Å². The highest BCUT2D eigenvalue weighted by Crippen LogP contribution is 2.22. The predicted molar refractivity (Wildman–Crippen MR) is 82.7 cm³/mol. The Morgan fingerprint density at radius 2 is 2.26 bits per heavy atom. The van der Waals surface area contributed by atoms with E-state index in [-0.39, 0.29) is 0 Å². The van der Waals surface area contributed by atoms with Gasteiger partial charge in [0.2, 0.25) is 5.95 Å². The fourth-order valence-electron chi connectivity index (χ4n) is 2.33. The van der Waals surface area contributed by atoms with E-state index >= 15 is 0 Å². The molecular formula is C13H21N5S. The van der Waals surface area contributed by atoms with Crippen molar-refractivity contribution in [3.63, 3.8) is 0 Å². The Labute approximate surface area is 119 Å². The number of anilines is 2. The summed E-state index contributed by atoms with van der Waals surface area (Å²) >= 11 is 5.08. The summed E-state index contributed by atoms with van der Waals surface area (Å²) in [5.41, 5.74) is 0.949. The SMILES string of the molecule is CNC(=S)Nc1nc(C)cc(N2CCC[C@@H](C)C2)n1. The van der Waals surface area contributed by atoms with Crippen LogP contribution in [0.4, 0.5) is 11.8 Å².